The third-order valence-corrected chi connectivity index (χ3v) is 6.84. The van der Waals surface area contributed by atoms with E-state index in [4.69, 9.17) is 23.2 Å². The lowest BCUT2D eigenvalue weighted by Gasteiger charge is -2.32. The number of para-hydroxylation sites is 2. The number of aromatic nitrogens is 2. The molecule has 2 heterocycles. The largest absolute Gasteiger partial charge is 0.336 e. The Balaban J connectivity index is 1.34. The highest BCUT2D eigenvalue weighted by Gasteiger charge is 2.22. The van der Waals surface area contributed by atoms with Gasteiger partial charge in [-0.25, -0.2) is 4.98 Å². The summed E-state index contributed by atoms with van der Waals surface area (Å²) in [5.74, 6) is -0.479. The van der Waals surface area contributed by atoms with E-state index in [2.05, 4.69) is 20.2 Å². The van der Waals surface area contributed by atoms with Crippen LogP contribution >= 0.6 is 23.2 Å². The van der Waals surface area contributed by atoms with Crippen molar-refractivity contribution in [3.63, 3.8) is 0 Å². The quantitative estimate of drug-likeness (QED) is 0.398. The SMILES string of the molecule is CN1CCN(C(=O)c2ccc(C(=O)Nc3ccc(Cl)c(-c4cnc5ccccc5n4)c3)c(Cl)c2)CC1. The number of piperazine rings is 1. The van der Waals surface area contributed by atoms with Crippen LogP contribution in [0, 0.1) is 0 Å². The van der Waals surface area contributed by atoms with Crippen LogP contribution in [0.2, 0.25) is 10.0 Å². The second kappa shape index (κ2) is 10.2. The molecule has 0 aliphatic carbocycles. The second-order valence-corrected chi connectivity index (χ2v) is 9.50. The minimum atomic E-state index is -0.392. The summed E-state index contributed by atoms with van der Waals surface area (Å²) in [7, 11) is 2.03. The second-order valence-electron chi connectivity index (χ2n) is 8.68. The number of benzene rings is 3. The molecule has 2 amide bonds. The Labute approximate surface area is 218 Å². The molecule has 0 unspecified atom stereocenters. The average molecular weight is 520 g/mol. The fraction of sp³-hybridized carbons (Fsp3) is 0.185. The molecule has 4 aromatic rings. The molecule has 1 saturated heterocycles. The van der Waals surface area contributed by atoms with Crippen molar-refractivity contribution in [2.45, 2.75) is 0 Å². The van der Waals surface area contributed by atoms with E-state index in [9.17, 15) is 9.59 Å². The summed E-state index contributed by atoms with van der Waals surface area (Å²) < 4.78 is 0. The number of carbonyl (C=O) groups is 2. The molecule has 1 N–H and O–H groups in total. The fourth-order valence-electron chi connectivity index (χ4n) is 4.11. The van der Waals surface area contributed by atoms with Crippen LogP contribution in [0.3, 0.4) is 0 Å². The van der Waals surface area contributed by atoms with Gasteiger partial charge in [0.2, 0.25) is 0 Å². The number of nitrogens with one attached hydrogen (secondary N) is 1. The zero-order valence-electron chi connectivity index (χ0n) is 19.5. The minimum Gasteiger partial charge on any atom is -0.336 e. The van der Waals surface area contributed by atoms with Gasteiger partial charge in [-0.15, -0.1) is 0 Å². The molecule has 5 rings (SSSR count). The molecule has 0 atom stereocenters. The Morgan fingerprint density at radius 2 is 1.64 bits per heavy atom. The number of amides is 2. The number of rotatable bonds is 4. The summed E-state index contributed by atoms with van der Waals surface area (Å²) in [5.41, 5.74) is 4.04. The van der Waals surface area contributed by atoms with E-state index in [0.29, 0.717) is 40.6 Å². The molecule has 1 aliphatic heterocycles. The van der Waals surface area contributed by atoms with Crippen LogP contribution in [0.25, 0.3) is 22.3 Å². The summed E-state index contributed by atoms with van der Waals surface area (Å²) in [4.78, 5) is 38.9. The Bertz CT molecular complexity index is 1470. The normalized spacial score (nSPS) is 14.1. The highest BCUT2D eigenvalue weighted by Crippen LogP contribution is 2.30. The van der Waals surface area contributed by atoms with Crippen LogP contribution in [0.4, 0.5) is 5.69 Å². The fourth-order valence-corrected chi connectivity index (χ4v) is 4.59. The van der Waals surface area contributed by atoms with E-state index < -0.39 is 5.91 Å². The molecule has 0 spiro atoms. The molecule has 0 radical (unpaired) electrons. The number of halogens is 2. The van der Waals surface area contributed by atoms with Crippen LogP contribution in [-0.2, 0) is 0 Å². The van der Waals surface area contributed by atoms with Crippen molar-refractivity contribution in [1.29, 1.82) is 0 Å². The first-order valence-electron chi connectivity index (χ1n) is 11.5. The smallest absolute Gasteiger partial charge is 0.257 e. The number of hydrogen-bond acceptors (Lipinski definition) is 5. The molecule has 0 saturated carbocycles. The van der Waals surface area contributed by atoms with Crippen molar-refractivity contribution in [2.24, 2.45) is 0 Å². The van der Waals surface area contributed by atoms with E-state index in [1.807, 2.05) is 31.3 Å². The molecule has 1 aromatic heterocycles. The molecule has 1 fully saturated rings. The maximum Gasteiger partial charge on any atom is 0.257 e. The Kier molecular flexibility index (Phi) is 6.87. The van der Waals surface area contributed by atoms with Gasteiger partial charge in [-0.3, -0.25) is 14.6 Å². The Morgan fingerprint density at radius 3 is 2.39 bits per heavy atom. The monoisotopic (exact) mass is 519 g/mol. The van der Waals surface area contributed by atoms with Crippen LogP contribution in [-0.4, -0.2) is 64.8 Å². The summed E-state index contributed by atoms with van der Waals surface area (Å²) in [6.45, 7) is 2.98. The van der Waals surface area contributed by atoms with Gasteiger partial charge < -0.3 is 15.1 Å². The maximum absolute atomic E-state index is 13.0. The van der Waals surface area contributed by atoms with Gasteiger partial charge in [0.05, 0.1) is 38.5 Å². The molecule has 3 aromatic carbocycles. The van der Waals surface area contributed by atoms with Crippen molar-refractivity contribution in [1.82, 2.24) is 19.8 Å². The van der Waals surface area contributed by atoms with Crippen LogP contribution in [0.15, 0.2) is 66.9 Å². The molecule has 9 heteroatoms. The standard InChI is InChI=1S/C27H23Cl2N5O2/c1-33-10-12-34(13-11-33)27(36)17-6-8-19(22(29)14-17)26(35)31-18-7-9-21(28)20(15-18)25-16-30-23-4-2-3-5-24(23)32-25/h2-9,14-16H,10-13H2,1H3,(H,31,35). The van der Waals surface area contributed by atoms with Crippen molar-refractivity contribution >= 4 is 51.7 Å². The minimum absolute atomic E-state index is 0.0872. The van der Waals surface area contributed by atoms with Crippen molar-refractivity contribution in [3.8, 4) is 11.3 Å². The van der Waals surface area contributed by atoms with Gasteiger partial charge in [-0.1, -0.05) is 35.3 Å². The number of fused-ring (bicyclic) bond motifs is 1. The lowest BCUT2D eigenvalue weighted by Crippen LogP contribution is -2.47. The highest BCUT2D eigenvalue weighted by atomic mass is 35.5. The predicted octanol–water partition coefficient (Wildman–Crippen LogP) is 5.24. The Morgan fingerprint density at radius 1 is 0.889 bits per heavy atom. The zero-order valence-corrected chi connectivity index (χ0v) is 21.1. The lowest BCUT2D eigenvalue weighted by atomic mass is 10.1. The van der Waals surface area contributed by atoms with Gasteiger partial charge in [0.1, 0.15) is 0 Å². The summed E-state index contributed by atoms with van der Waals surface area (Å²) in [5, 5.41) is 3.56. The first kappa shape index (κ1) is 24.2. The van der Waals surface area contributed by atoms with E-state index in [1.54, 1.807) is 47.5 Å². The average Bonchev–Trinajstić information content (AvgIpc) is 2.89. The van der Waals surface area contributed by atoms with E-state index >= 15 is 0 Å². The molecule has 0 bridgehead atoms. The van der Waals surface area contributed by atoms with Gasteiger partial charge in [0.25, 0.3) is 11.8 Å². The summed E-state index contributed by atoms with van der Waals surface area (Å²) in [6.07, 6.45) is 1.65. The number of likely N-dealkylation sites (N-methyl/N-ethyl adjacent to an activating group) is 1. The number of nitrogens with zero attached hydrogens (tertiary/aromatic N) is 4. The van der Waals surface area contributed by atoms with Gasteiger partial charge >= 0.3 is 0 Å². The molecule has 1 aliphatic rings. The van der Waals surface area contributed by atoms with Gasteiger partial charge in [0.15, 0.2) is 0 Å². The molecular formula is C27H23Cl2N5O2. The first-order chi connectivity index (χ1) is 17.4. The predicted molar refractivity (Wildman–Crippen MR) is 143 cm³/mol. The summed E-state index contributed by atoms with van der Waals surface area (Å²) in [6, 6.07) is 17.5. The van der Waals surface area contributed by atoms with Crippen molar-refractivity contribution in [2.75, 3.05) is 38.5 Å². The molecule has 7 nitrogen and oxygen atoms in total. The molecular weight excluding hydrogens is 497 g/mol. The van der Waals surface area contributed by atoms with Crippen LogP contribution in [0.5, 0.6) is 0 Å². The maximum atomic E-state index is 13.0. The van der Waals surface area contributed by atoms with Crippen LogP contribution < -0.4 is 5.32 Å². The van der Waals surface area contributed by atoms with Crippen molar-refractivity contribution in [3.05, 3.63) is 88.0 Å². The van der Waals surface area contributed by atoms with E-state index in [1.165, 1.54) is 0 Å². The molecule has 182 valence electrons. The third kappa shape index (κ3) is 5.04. The lowest BCUT2D eigenvalue weighted by molar-refractivity contribution is 0.0664. The zero-order chi connectivity index (χ0) is 25.2. The number of anilines is 1. The number of carbonyl (C=O) groups excluding carboxylic acids is 2. The first-order valence-corrected chi connectivity index (χ1v) is 12.2. The van der Waals surface area contributed by atoms with Gasteiger partial charge in [-0.2, -0.15) is 0 Å². The number of hydrogen-bond donors (Lipinski definition) is 1. The Hall–Kier alpha value is -3.52. The van der Waals surface area contributed by atoms with Crippen molar-refractivity contribution < 1.29 is 9.59 Å². The van der Waals surface area contributed by atoms with E-state index in [-0.39, 0.29) is 16.5 Å². The van der Waals surface area contributed by atoms with Gasteiger partial charge in [0, 0.05) is 43.0 Å². The van der Waals surface area contributed by atoms with Crippen LogP contribution in [0.1, 0.15) is 20.7 Å². The van der Waals surface area contributed by atoms with E-state index in [0.717, 1.165) is 24.1 Å². The summed E-state index contributed by atoms with van der Waals surface area (Å²) >= 11 is 12.9. The third-order valence-electron chi connectivity index (χ3n) is 6.20. The van der Waals surface area contributed by atoms with Gasteiger partial charge in [-0.05, 0) is 55.6 Å². The topological polar surface area (TPSA) is 78.4 Å². The molecule has 36 heavy (non-hydrogen) atoms. The highest BCUT2D eigenvalue weighted by molar-refractivity contribution is 6.35.